The average Bonchev–Trinajstić information content (AvgIpc) is 2.90. The van der Waals surface area contributed by atoms with Crippen LogP contribution in [-0.4, -0.2) is 20.6 Å². The van der Waals surface area contributed by atoms with Crippen LogP contribution in [0.3, 0.4) is 0 Å². The van der Waals surface area contributed by atoms with E-state index in [9.17, 15) is 0 Å². The molecule has 1 atom stereocenters. The summed E-state index contributed by atoms with van der Waals surface area (Å²) in [6, 6.07) is 11.6. The number of hydrogen-bond acceptors (Lipinski definition) is 4. The Balaban J connectivity index is 2.15. The van der Waals surface area contributed by atoms with Crippen LogP contribution in [0.2, 0.25) is 0 Å². The third-order valence-electron chi connectivity index (χ3n) is 2.69. The quantitative estimate of drug-likeness (QED) is 0.880. The molecule has 2 N–H and O–H groups in total. The highest BCUT2D eigenvalue weighted by atomic mass is 16.5. The van der Waals surface area contributed by atoms with E-state index in [1.54, 1.807) is 6.26 Å². The van der Waals surface area contributed by atoms with Crippen LogP contribution >= 0.6 is 0 Å². The largest absolute Gasteiger partial charge is 0.481 e. The van der Waals surface area contributed by atoms with Gasteiger partial charge in [-0.05, 0) is 24.3 Å². The molecule has 4 heteroatoms. The monoisotopic (exact) mass is 246 g/mol. The Labute approximate surface area is 107 Å². The topological polar surface area (TPSA) is 51.6 Å². The van der Waals surface area contributed by atoms with Crippen molar-refractivity contribution in [3.8, 4) is 5.75 Å². The fourth-order valence-corrected chi connectivity index (χ4v) is 1.70. The molecule has 0 amide bonds. The Morgan fingerprint density at radius 1 is 1.28 bits per heavy atom. The molecule has 0 saturated carbocycles. The van der Waals surface area contributed by atoms with Crippen molar-refractivity contribution in [3.05, 3.63) is 48.4 Å². The second kappa shape index (κ2) is 5.60. The summed E-state index contributed by atoms with van der Waals surface area (Å²) in [6.07, 6.45) is 1.37. The third kappa shape index (κ3) is 2.84. The summed E-state index contributed by atoms with van der Waals surface area (Å²) < 4.78 is 11.2. The van der Waals surface area contributed by atoms with Crippen LogP contribution in [0.25, 0.3) is 0 Å². The first kappa shape index (κ1) is 12.5. The molecular weight excluding hydrogens is 228 g/mol. The molecule has 1 aromatic heterocycles. The summed E-state index contributed by atoms with van der Waals surface area (Å²) in [5.41, 5.74) is 6.80. The molecule has 18 heavy (non-hydrogen) atoms. The zero-order valence-corrected chi connectivity index (χ0v) is 10.7. The molecule has 0 aliphatic rings. The van der Waals surface area contributed by atoms with Gasteiger partial charge in [0.1, 0.15) is 11.5 Å². The molecule has 0 spiro atoms. The predicted molar refractivity (Wildman–Crippen MR) is 71.9 cm³/mol. The van der Waals surface area contributed by atoms with E-state index < -0.39 is 0 Å². The standard InChI is InChI=1S/C14H18N2O2/c1-16(2)11-5-3-6-12(9-11)18-14(10-15)13-7-4-8-17-13/h3-9,14H,10,15H2,1-2H3. The molecule has 0 aliphatic carbocycles. The van der Waals surface area contributed by atoms with Gasteiger partial charge in [-0.25, -0.2) is 0 Å². The van der Waals surface area contributed by atoms with Gasteiger partial charge in [0.2, 0.25) is 0 Å². The van der Waals surface area contributed by atoms with E-state index in [0.29, 0.717) is 6.54 Å². The average molecular weight is 246 g/mol. The van der Waals surface area contributed by atoms with E-state index in [-0.39, 0.29) is 6.10 Å². The first-order valence-corrected chi connectivity index (χ1v) is 5.88. The Morgan fingerprint density at radius 3 is 2.72 bits per heavy atom. The fourth-order valence-electron chi connectivity index (χ4n) is 1.70. The zero-order valence-electron chi connectivity index (χ0n) is 10.7. The van der Waals surface area contributed by atoms with Gasteiger partial charge in [0.25, 0.3) is 0 Å². The van der Waals surface area contributed by atoms with Crippen molar-refractivity contribution in [3.63, 3.8) is 0 Å². The maximum Gasteiger partial charge on any atom is 0.168 e. The molecule has 0 saturated heterocycles. The van der Waals surface area contributed by atoms with E-state index in [1.165, 1.54) is 0 Å². The molecule has 0 fully saturated rings. The van der Waals surface area contributed by atoms with Crippen LogP contribution in [0.4, 0.5) is 5.69 Å². The Morgan fingerprint density at radius 2 is 2.11 bits per heavy atom. The highest BCUT2D eigenvalue weighted by molar-refractivity contribution is 5.49. The van der Waals surface area contributed by atoms with Crippen LogP contribution < -0.4 is 15.4 Å². The highest BCUT2D eigenvalue weighted by Crippen LogP contribution is 2.25. The van der Waals surface area contributed by atoms with E-state index in [2.05, 4.69) is 0 Å². The Kier molecular flexibility index (Phi) is 3.89. The molecule has 0 bridgehead atoms. The lowest BCUT2D eigenvalue weighted by molar-refractivity contribution is 0.184. The van der Waals surface area contributed by atoms with Crippen molar-refractivity contribution >= 4 is 5.69 Å². The number of nitrogens with zero attached hydrogens (tertiary/aromatic N) is 1. The van der Waals surface area contributed by atoms with Crippen molar-refractivity contribution in [2.24, 2.45) is 5.73 Å². The minimum absolute atomic E-state index is 0.252. The molecule has 96 valence electrons. The summed E-state index contributed by atoms with van der Waals surface area (Å²) in [6.45, 7) is 0.375. The number of anilines is 1. The van der Waals surface area contributed by atoms with Crippen LogP contribution in [0.5, 0.6) is 5.75 Å². The summed E-state index contributed by atoms with van der Waals surface area (Å²) in [5.74, 6) is 1.53. The third-order valence-corrected chi connectivity index (χ3v) is 2.69. The smallest absolute Gasteiger partial charge is 0.168 e. The zero-order chi connectivity index (χ0) is 13.0. The van der Waals surface area contributed by atoms with Gasteiger partial charge in [0, 0.05) is 32.4 Å². The SMILES string of the molecule is CN(C)c1cccc(OC(CN)c2ccco2)c1. The van der Waals surface area contributed by atoms with Gasteiger partial charge in [-0.15, -0.1) is 0 Å². The minimum Gasteiger partial charge on any atom is -0.481 e. The van der Waals surface area contributed by atoms with Crippen LogP contribution in [0.15, 0.2) is 47.1 Å². The summed E-state index contributed by atoms with van der Waals surface area (Å²) >= 11 is 0. The first-order valence-electron chi connectivity index (χ1n) is 5.88. The van der Waals surface area contributed by atoms with Crippen molar-refractivity contribution < 1.29 is 9.15 Å². The van der Waals surface area contributed by atoms with Crippen LogP contribution in [-0.2, 0) is 0 Å². The van der Waals surface area contributed by atoms with E-state index >= 15 is 0 Å². The van der Waals surface area contributed by atoms with E-state index in [4.69, 9.17) is 14.9 Å². The van der Waals surface area contributed by atoms with Gasteiger partial charge < -0.3 is 19.8 Å². The van der Waals surface area contributed by atoms with Gasteiger partial charge in [0.05, 0.1) is 6.26 Å². The molecule has 1 unspecified atom stereocenters. The Hall–Kier alpha value is -1.94. The number of rotatable bonds is 5. The molecule has 1 aromatic carbocycles. The summed E-state index contributed by atoms with van der Waals surface area (Å²) in [4.78, 5) is 2.03. The molecule has 4 nitrogen and oxygen atoms in total. The van der Waals surface area contributed by atoms with Gasteiger partial charge in [-0.2, -0.15) is 0 Å². The summed E-state index contributed by atoms with van der Waals surface area (Å²) in [7, 11) is 3.98. The van der Waals surface area contributed by atoms with E-state index in [0.717, 1.165) is 17.2 Å². The lowest BCUT2D eigenvalue weighted by Gasteiger charge is -2.18. The van der Waals surface area contributed by atoms with Crippen LogP contribution in [0, 0.1) is 0 Å². The maximum atomic E-state index is 5.85. The van der Waals surface area contributed by atoms with Crippen molar-refractivity contribution in [2.45, 2.75) is 6.10 Å². The summed E-state index contributed by atoms with van der Waals surface area (Å²) in [5, 5.41) is 0. The second-order valence-corrected chi connectivity index (χ2v) is 4.25. The van der Waals surface area contributed by atoms with Crippen molar-refractivity contribution in [1.82, 2.24) is 0 Å². The lowest BCUT2D eigenvalue weighted by atomic mass is 10.2. The molecule has 0 aliphatic heterocycles. The van der Waals surface area contributed by atoms with E-state index in [1.807, 2.05) is 55.4 Å². The fraction of sp³-hybridized carbons (Fsp3) is 0.286. The van der Waals surface area contributed by atoms with Gasteiger partial charge in [-0.3, -0.25) is 0 Å². The predicted octanol–water partition coefficient (Wildman–Crippen LogP) is 2.42. The normalized spacial score (nSPS) is 12.2. The number of benzene rings is 1. The number of ether oxygens (including phenoxy) is 1. The molecule has 2 rings (SSSR count). The Bertz CT molecular complexity index is 480. The number of nitrogens with two attached hydrogens (primary N) is 1. The van der Waals surface area contributed by atoms with Gasteiger partial charge >= 0.3 is 0 Å². The molecular formula is C14H18N2O2. The number of furan rings is 1. The molecule has 2 aromatic rings. The highest BCUT2D eigenvalue weighted by Gasteiger charge is 2.14. The van der Waals surface area contributed by atoms with Crippen molar-refractivity contribution in [1.29, 1.82) is 0 Å². The second-order valence-electron chi connectivity index (χ2n) is 4.25. The lowest BCUT2D eigenvalue weighted by Crippen LogP contribution is -2.18. The van der Waals surface area contributed by atoms with Crippen LogP contribution in [0.1, 0.15) is 11.9 Å². The maximum absolute atomic E-state index is 5.85. The first-order chi connectivity index (χ1) is 8.70. The van der Waals surface area contributed by atoms with Gasteiger partial charge in [0.15, 0.2) is 6.10 Å². The molecule has 1 heterocycles. The minimum atomic E-state index is -0.252. The molecule has 0 radical (unpaired) electrons. The van der Waals surface area contributed by atoms with Gasteiger partial charge in [-0.1, -0.05) is 6.07 Å². The van der Waals surface area contributed by atoms with Crippen molar-refractivity contribution in [2.75, 3.05) is 25.5 Å². The number of hydrogen-bond donors (Lipinski definition) is 1.